The van der Waals surface area contributed by atoms with Gasteiger partial charge in [-0.3, -0.25) is 9.36 Å². The number of aromatic nitrogens is 3. The van der Waals surface area contributed by atoms with Crippen molar-refractivity contribution in [1.29, 1.82) is 0 Å². The Morgan fingerprint density at radius 1 is 1.05 bits per heavy atom. The summed E-state index contributed by atoms with van der Waals surface area (Å²) in [5.41, 5.74) is 2.69. The number of ether oxygens (including phenoxy) is 3. The Labute approximate surface area is 252 Å². The highest BCUT2D eigenvalue weighted by Gasteiger charge is 2.23. The van der Waals surface area contributed by atoms with Crippen LogP contribution in [0.5, 0.6) is 11.5 Å². The summed E-state index contributed by atoms with van der Waals surface area (Å²) in [6.45, 7) is 4.35. The molecule has 1 fully saturated rings. The smallest absolute Gasteiger partial charge is 0.341 e. The van der Waals surface area contributed by atoms with Crippen LogP contribution in [0.3, 0.4) is 0 Å². The lowest BCUT2D eigenvalue weighted by Gasteiger charge is -2.13. The molecule has 1 amide bonds. The number of benzene rings is 2. The van der Waals surface area contributed by atoms with Gasteiger partial charge in [0.15, 0.2) is 11.0 Å². The molecule has 4 aromatic rings. The molecule has 1 saturated carbocycles. The molecule has 11 heteroatoms. The summed E-state index contributed by atoms with van der Waals surface area (Å²) in [5.74, 6) is 1.50. The minimum atomic E-state index is -0.528. The number of carbonyl (C=O) groups excluding carboxylic acids is 2. The minimum absolute atomic E-state index is 0.0693. The molecule has 0 atom stereocenters. The van der Waals surface area contributed by atoms with Crippen molar-refractivity contribution in [3.63, 3.8) is 0 Å². The van der Waals surface area contributed by atoms with Crippen LogP contribution >= 0.6 is 23.1 Å². The Hall–Kier alpha value is -4.09. The number of methoxy groups -OCH3 is 2. The van der Waals surface area contributed by atoms with Gasteiger partial charge < -0.3 is 19.5 Å². The number of carbonyl (C=O) groups is 2. The lowest BCUT2D eigenvalue weighted by molar-refractivity contribution is -0.113. The van der Waals surface area contributed by atoms with E-state index in [4.69, 9.17) is 14.2 Å². The standard InChI is InChI=1S/C31H32N4O5S2/c1-4-17-35-28(21-11-15-24(16-12-21)40-23-7-5-6-8-23)33-34-31(35)42-19-26(36)32-29-27(30(37)39-3)25(18-41-29)20-9-13-22(38-2)14-10-20/h4,9-16,18,23H,1,5-8,17,19H2,2-3H3,(H,32,36). The number of rotatable bonds is 12. The van der Waals surface area contributed by atoms with Crippen LogP contribution in [0.1, 0.15) is 36.0 Å². The van der Waals surface area contributed by atoms with E-state index < -0.39 is 5.97 Å². The van der Waals surface area contributed by atoms with Gasteiger partial charge in [0, 0.05) is 23.1 Å². The third-order valence-corrected chi connectivity index (χ3v) is 8.78. The molecule has 2 aromatic heterocycles. The molecular formula is C31H32N4O5S2. The Bertz CT molecular complexity index is 1540. The van der Waals surface area contributed by atoms with Crippen molar-refractivity contribution >= 4 is 40.0 Å². The molecule has 2 heterocycles. The van der Waals surface area contributed by atoms with E-state index in [2.05, 4.69) is 22.1 Å². The van der Waals surface area contributed by atoms with Crippen LogP contribution < -0.4 is 14.8 Å². The molecule has 5 rings (SSSR count). The first-order valence-corrected chi connectivity index (χ1v) is 15.4. The Morgan fingerprint density at radius 3 is 2.40 bits per heavy atom. The van der Waals surface area contributed by atoms with Gasteiger partial charge >= 0.3 is 5.97 Å². The average Bonchev–Trinajstić information content (AvgIpc) is 3.77. The maximum atomic E-state index is 13.0. The molecule has 218 valence electrons. The molecule has 1 aliphatic carbocycles. The van der Waals surface area contributed by atoms with Crippen molar-refractivity contribution in [1.82, 2.24) is 14.8 Å². The van der Waals surface area contributed by atoms with E-state index in [1.165, 1.54) is 43.1 Å². The molecule has 0 spiro atoms. The maximum Gasteiger partial charge on any atom is 0.341 e. The summed E-state index contributed by atoms with van der Waals surface area (Å²) in [7, 11) is 2.91. The highest BCUT2D eigenvalue weighted by atomic mass is 32.2. The number of thioether (sulfide) groups is 1. The Balaban J connectivity index is 1.28. The molecule has 42 heavy (non-hydrogen) atoms. The zero-order valence-corrected chi connectivity index (χ0v) is 25.1. The van der Waals surface area contributed by atoms with Crippen LogP contribution in [0.4, 0.5) is 5.00 Å². The zero-order chi connectivity index (χ0) is 29.5. The first kappa shape index (κ1) is 29.4. The van der Waals surface area contributed by atoms with Crippen molar-refractivity contribution in [3.8, 4) is 34.0 Å². The molecule has 0 aliphatic heterocycles. The number of nitrogens with one attached hydrogen (secondary N) is 1. The van der Waals surface area contributed by atoms with Gasteiger partial charge in [0.25, 0.3) is 0 Å². The fourth-order valence-electron chi connectivity index (χ4n) is 4.81. The van der Waals surface area contributed by atoms with Crippen molar-refractivity contribution in [2.24, 2.45) is 0 Å². The van der Waals surface area contributed by atoms with Gasteiger partial charge in [0.05, 0.1) is 26.1 Å². The number of anilines is 1. The SMILES string of the molecule is C=CCn1c(SCC(=O)Nc2scc(-c3ccc(OC)cc3)c2C(=O)OC)nnc1-c1ccc(OC2CCCC2)cc1. The van der Waals surface area contributed by atoms with Crippen LogP contribution in [0, 0.1) is 0 Å². The monoisotopic (exact) mass is 604 g/mol. The number of allylic oxidation sites excluding steroid dienone is 1. The zero-order valence-electron chi connectivity index (χ0n) is 23.5. The van der Waals surface area contributed by atoms with E-state index in [0.717, 1.165) is 29.7 Å². The predicted octanol–water partition coefficient (Wildman–Crippen LogP) is 6.71. The topological polar surface area (TPSA) is 105 Å². The van der Waals surface area contributed by atoms with Crippen LogP contribution in [-0.2, 0) is 16.1 Å². The summed E-state index contributed by atoms with van der Waals surface area (Å²) in [6, 6.07) is 15.2. The second-order valence-corrected chi connectivity index (χ2v) is 11.5. The van der Waals surface area contributed by atoms with Crippen molar-refractivity contribution in [2.75, 3.05) is 25.3 Å². The highest BCUT2D eigenvalue weighted by molar-refractivity contribution is 7.99. The maximum absolute atomic E-state index is 13.0. The quantitative estimate of drug-likeness (QED) is 0.108. The van der Waals surface area contributed by atoms with Gasteiger partial charge in [-0.15, -0.1) is 28.1 Å². The van der Waals surface area contributed by atoms with E-state index in [0.29, 0.717) is 45.5 Å². The molecule has 0 unspecified atom stereocenters. The van der Waals surface area contributed by atoms with Gasteiger partial charge in [0.2, 0.25) is 5.91 Å². The molecule has 1 aliphatic rings. The van der Waals surface area contributed by atoms with Crippen LogP contribution in [0.25, 0.3) is 22.5 Å². The summed E-state index contributed by atoms with van der Waals surface area (Å²) >= 11 is 2.53. The van der Waals surface area contributed by atoms with E-state index in [1.807, 2.05) is 58.5 Å². The van der Waals surface area contributed by atoms with Gasteiger partial charge in [-0.25, -0.2) is 4.79 Å². The second kappa shape index (κ2) is 13.7. The Morgan fingerprint density at radius 2 is 1.74 bits per heavy atom. The molecule has 0 saturated heterocycles. The number of esters is 1. The summed E-state index contributed by atoms with van der Waals surface area (Å²) in [6.07, 6.45) is 6.70. The van der Waals surface area contributed by atoms with Crippen LogP contribution in [0.2, 0.25) is 0 Å². The van der Waals surface area contributed by atoms with Gasteiger partial charge in [0.1, 0.15) is 22.1 Å². The van der Waals surface area contributed by atoms with Crippen LogP contribution in [-0.4, -0.2) is 52.7 Å². The van der Waals surface area contributed by atoms with E-state index in [1.54, 1.807) is 13.2 Å². The molecule has 1 N–H and O–H groups in total. The number of hydrogen-bond acceptors (Lipinski definition) is 9. The first-order valence-electron chi connectivity index (χ1n) is 13.6. The predicted molar refractivity (Wildman–Crippen MR) is 166 cm³/mol. The summed E-state index contributed by atoms with van der Waals surface area (Å²) in [4.78, 5) is 25.7. The van der Waals surface area contributed by atoms with Crippen molar-refractivity contribution in [3.05, 3.63) is 72.1 Å². The van der Waals surface area contributed by atoms with E-state index in [9.17, 15) is 9.59 Å². The summed E-state index contributed by atoms with van der Waals surface area (Å²) < 4.78 is 18.3. The third kappa shape index (κ3) is 6.69. The molecular weight excluding hydrogens is 572 g/mol. The molecule has 9 nitrogen and oxygen atoms in total. The van der Waals surface area contributed by atoms with E-state index in [-0.39, 0.29) is 11.7 Å². The van der Waals surface area contributed by atoms with Crippen molar-refractivity contribution < 1.29 is 23.8 Å². The number of nitrogens with zero attached hydrogens (tertiary/aromatic N) is 3. The fraction of sp³-hybridized carbons (Fsp3) is 0.290. The lowest BCUT2D eigenvalue weighted by atomic mass is 10.0. The molecule has 0 bridgehead atoms. The van der Waals surface area contributed by atoms with Gasteiger partial charge in [-0.2, -0.15) is 0 Å². The number of hydrogen-bond donors (Lipinski definition) is 1. The average molecular weight is 605 g/mol. The van der Waals surface area contributed by atoms with E-state index >= 15 is 0 Å². The van der Waals surface area contributed by atoms with Crippen molar-refractivity contribution in [2.45, 2.75) is 43.5 Å². The Kier molecular flexibility index (Phi) is 9.60. The molecule has 2 aromatic carbocycles. The number of amides is 1. The van der Waals surface area contributed by atoms with Gasteiger partial charge in [-0.05, 0) is 67.6 Å². The minimum Gasteiger partial charge on any atom is -0.497 e. The fourth-order valence-corrected chi connectivity index (χ4v) is 6.54. The number of thiophene rings is 1. The highest BCUT2D eigenvalue weighted by Crippen LogP contribution is 2.37. The normalized spacial score (nSPS) is 13.1. The first-order chi connectivity index (χ1) is 20.5. The lowest BCUT2D eigenvalue weighted by Crippen LogP contribution is -2.16. The van der Waals surface area contributed by atoms with Crippen LogP contribution in [0.15, 0.2) is 71.7 Å². The second-order valence-electron chi connectivity index (χ2n) is 9.66. The molecule has 0 radical (unpaired) electrons. The van der Waals surface area contributed by atoms with Gasteiger partial charge in [-0.1, -0.05) is 30.0 Å². The largest absolute Gasteiger partial charge is 0.497 e. The third-order valence-electron chi connectivity index (χ3n) is 6.91. The summed E-state index contributed by atoms with van der Waals surface area (Å²) in [5, 5.41) is 14.5.